The lowest BCUT2D eigenvalue weighted by molar-refractivity contribution is 0.0746. The van der Waals surface area contributed by atoms with Gasteiger partial charge in [0.15, 0.2) is 11.6 Å². The zero-order valence-electron chi connectivity index (χ0n) is 13.9. The van der Waals surface area contributed by atoms with Crippen molar-refractivity contribution in [3.8, 4) is 0 Å². The fraction of sp³-hybridized carbons (Fsp3) is 0.316. The highest BCUT2D eigenvalue weighted by Crippen LogP contribution is 2.24. The van der Waals surface area contributed by atoms with Gasteiger partial charge >= 0.3 is 0 Å². The first-order valence-corrected chi connectivity index (χ1v) is 8.03. The summed E-state index contributed by atoms with van der Waals surface area (Å²) in [7, 11) is 0. The van der Waals surface area contributed by atoms with Gasteiger partial charge in [-0.1, -0.05) is 12.1 Å². The molecule has 0 bridgehead atoms. The van der Waals surface area contributed by atoms with Crippen molar-refractivity contribution >= 4 is 11.6 Å². The number of carbonyl (C=O) groups is 1. The van der Waals surface area contributed by atoms with Crippen molar-refractivity contribution < 1.29 is 13.6 Å². The molecular formula is C19H20F2N2O. The van der Waals surface area contributed by atoms with Crippen LogP contribution in [0, 0.1) is 25.5 Å². The van der Waals surface area contributed by atoms with E-state index in [0.29, 0.717) is 13.1 Å². The van der Waals surface area contributed by atoms with Gasteiger partial charge in [0, 0.05) is 37.4 Å². The van der Waals surface area contributed by atoms with Crippen LogP contribution < -0.4 is 4.90 Å². The quantitative estimate of drug-likeness (QED) is 0.841. The Morgan fingerprint density at radius 2 is 1.67 bits per heavy atom. The van der Waals surface area contributed by atoms with Crippen molar-refractivity contribution in [2.45, 2.75) is 13.8 Å². The number of benzene rings is 2. The maximum Gasteiger partial charge on any atom is 0.254 e. The minimum atomic E-state index is -0.991. The van der Waals surface area contributed by atoms with Gasteiger partial charge in [-0.05, 0) is 49.2 Å². The molecule has 1 fully saturated rings. The van der Waals surface area contributed by atoms with Crippen molar-refractivity contribution in [3.05, 3.63) is 64.7 Å². The zero-order chi connectivity index (χ0) is 17.3. The number of piperazine rings is 1. The number of carbonyl (C=O) groups excluding carboxylic acids is 1. The number of hydrogen-bond acceptors (Lipinski definition) is 2. The van der Waals surface area contributed by atoms with Gasteiger partial charge < -0.3 is 9.80 Å². The summed E-state index contributed by atoms with van der Waals surface area (Å²) in [6, 6.07) is 9.51. The van der Waals surface area contributed by atoms with E-state index < -0.39 is 11.6 Å². The predicted octanol–water partition coefficient (Wildman–Crippen LogP) is 3.54. The molecule has 1 amide bonds. The van der Waals surface area contributed by atoms with E-state index >= 15 is 0 Å². The maximum atomic E-state index is 13.3. The molecular weight excluding hydrogens is 310 g/mol. The minimum absolute atomic E-state index is 0.189. The lowest BCUT2D eigenvalue weighted by atomic mass is 10.1. The highest BCUT2D eigenvalue weighted by molar-refractivity contribution is 5.94. The van der Waals surface area contributed by atoms with Crippen LogP contribution in [0.4, 0.5) is 14.5 Å². The monoisotopic (exact) mass is 330 g/mol. The van der Waals surface area contributed by atoms with E-state index in [4.69, 9.17) is 0 Å². The van der Waals surface area contributed by atoms with Crippen LogP contribution in [0.25, 0.3) is 0 Å². The first kappa shape index (κ1) is 16.4. The average molecular weight is 330 g/mol. The highest BCUT2D eigenvalue weighted by atomic mass is 19.2. The number of amides is 1. The molecule has 126 valence electrons. The van der Waals surface area contributed by atoms with Gasteiger partial charge in [0.2, 0.25) is 0 Å². The van der Waals surface area contributed by atoms with Crippen molar-refractivity contribution in [1.82, 2.24) is 4.90 Å². The average Bonchev–Trinajstić information content (AvgIpc) is 2.59. The Morgan fingerprint density at radius 3 is 2.33 bits per heavy atom. The molecule has 0 radical (unpaired) electrons. The second-order valence-electron chi connectivity index (χ2n) is 6.13. The normalized spacial score (nSPS) is 14.8. The van der Waals surface area contributed by atoms with E-state index in [9.17, 15) is 13.6 Å². The van der Waals surface area contributed by atoms with Gasteiger partial charge in [0.1, 0.15) is 0 Å². The Balaban J connectivity index is 1.69. The SMILES string of the molecule is Cc1cccc(N2CCN(C(=O)c3ccc(F)c(F)c3)CC2)c1C. The van der Waals surface area contributed by atoms with Crippen LogP contribution >= 0.6 is 0 Å². The Kier molecular flexibility index (Phi) is 4.51. The Hall–Kier alpha value is -2.43. The molecule has 0 N–H and O–H groups in total. The van der Waals surface area contributed by atoms with Gasteiger partial charge in [-0.15, -0.1) is 0 Å². The molecule has 5 heteroatoms. The molecule has 1 aliphatic heterocycles. The molecule has 2 aromatic rings. The first-order chi connectivity index (χ1) is 11.5. The number of aryl methyl sites for hydroxylation is 1. The summed E-state index contributed by atoms with van der Waals surface area (Å²) < 4.78 is 26.3. The molecule has 0 atom stereocenters. The summed E-state index contributed by atoms with van der Waals surface area (Å²) >= 11 is 0. The van der Waals surface area contributed by atoms with Gasteiger partial charge in [0.05, 0.1) is 0 Å². The summed E-state index contributed by atoms with van der Waals surface area (Å²) in [6.45, 7) is 6.75. The van der Waals surface area contributed by atoms with Crippen LogP contribution in [0.3, 0.4) is 0 Å². The summed E-state index contributed by atoms with van der Waals surface area (Å²) in [5, 5.41) is 0. The second kappa shape index (κ2) is 6.59. The molecule has 3 nitrogen and oxygen atoms in total. The number of rotatable bonds is 2. The van der Waals surface area contributed by atoms with Crippen LogP contribution in [0.1, 0.15) is 21.5 Å². The van der Waals surface area contributed by atoms with Crippen LogP contribution in [-0.4, -0.2) is 37.0 Å². The van der Waals surface area contributed by atoms with Crippen LogP contribution in [0.5, 0.6) is 0 Å². The minimum Gasteiger partial charge on any atom is -0.368 e. The number of nitrogens with zero attached hydrogens (tertiary/aromatic N) is 2. The van der Waals surface area contributed by atoms with E-state index in [1.165, 1.54) is 22.9 Å². The van der Waals surface area contributed by atoms with Gasteiger partial charge in [-0.25, -0.2) is 8.78 Å². The van der Waals surface area contributed by atoms with E-state index in [1.807, 2.05) is 6.07 Å². The van der Waals surface area contributed by atoms with Gasteiger partial charge in [-0.3, -0.25) is 4.79 Å². The van der Waals surface area contributed by atoms with E-state index in [0.717, 1.165) is 25.2 Å². The molecule has 2 aromatic carbocycles. The van der Waals surface area contributed by atoms with Crippen LogP contribution in [0.15, 0.2) is 36.4 Å². The molecule has 1 heterocycles. The Bertz CT molecular complexity index is 768. The fourth-order valence-electron chi connectivity index (χ4n) is 3.04. The molecule has 1 aliphatic rings. The molecule has 0 spiro atoms. The third-order valence-corrected chi connectivity index (χ3v) is 4.65. The molecule has 0 aliphatic carbocycles. The van der Waals surface area contributed by atoms with E-state index in [1.54, 1.807) is 4.90 Å². The number of anilines is 1. The molecule has 0 unspecified atom stereocenters. The number of hydrogen-bond donors (Lipinski definition) is 0. The molecule has 1 saturated heterocycles. The zero-order valence-corrected chi connectivity index (χ0v) is 13.9. The third kappa shape index (κ3) is 3.11. The van der Waals surface area contributed by atoms with Gasteiger partial charge in [-0.2, -0.15) is 0 Å². The van der Waals surface area contributed by atoms with Gasteiger partial charge in [0.25, 0.3) is 5.91 Å². The lowest BCUT2D eigenvalue weighted by Gasteiger charge is -2.37. The van der Waals surface area contributed by atoms with Crippen molar-refractivity contribution in [1.29, 1.82) is 0 Å². The Morgan fingerprint density at radius 1 is 0.958 bits per heavy atom. The molecule has 3 rings (SSSR count). The summed E-state index contributed by atoms with van der Waals surface area (Å²) in [6.07, 6.45) is 0. The maximum absolute atomic E-state index is 13.3. The smallest absolute Gasteiger partial charge is 0.254 e. The van der Waals surface area contributed by atoms with Crippen LogP contribution in [-0.2, 0) is 0 Å². The van der Waals surface area contributed by atoms with E-state index in [2.05, 4.69) is 30.9 Å². The first-order valence-electron chi connectivity index (χ1n) is 8.03. The molecule has 0 aromatic heterocycles. The largest absolute Gasteiger partial charge is 0.368 e. The summed E-state index contributed by atoms with van der Waals surface area (Å²) in [5.41, 5.74) is 3.87. The topological polar surface area (TPSA) is 23.6 Å². The lowest BCUT2D eigenvalue weighted by Crippen LogP contribution is -2.49. The van der Waals surface area contributed by atoms with E-state index in [-0.39, 0.29) is 11.5 Å². The highest BCUT2D eigenvalue weighted by Gasteiger charge is 2.23. The Labute approximate surface area is 140 Å². The standard InChI is InChI=1S/C19H20F2N2O/c1-13-4-3-5-18(14(13)2)22-8-10-23(11-9-22)19(24)15-6-7-16(20)17(21)12-15/h3-7,12H,8-11H2,1-2H3. The molecule has 24 heavy (non-hydrogen) atoms. The number of halogens is 2. The van der Waals surface area contributed by atoms with Crippen molar-refractivity contribution in [3.63, 3.8) is 0 Å². The third-order valence-electron chi connectivity index (χ3n) is 4.65. The summed E-state index contributed by atoms with van der Waals surface area (Å²) in [4.78, 5) is 16.4. The molecule has 0 saturated carbocycles. The predicted molar refractivity (Wildman–Crippen MR) is 90.4 cm³/mol. The van der Waals surface area contributed by atoms with Crippen molar-refractivity contribution in [2.24, 2.45) is 0 Å². The fourth-order valence-corrected chi connectivity index (χ4v) is 3.04. The van der Waals surface area contributed by atoms with Crippen molar-refractivity contribution in [2.75, 3.05) is 31.1 Å². The van der Waals surface area contributed by atoms with Crippen LogP contribution in [0.2, 0.25) is 0 Å². The summed E-state index contributed by atoms with van der Waals surface area (Å²) in [5.74, 6) is -2.18. The second-order valence-corrected chi connectivity index (χ2v) is 6.13.